The number of fused-ring (bicyclic) bond motifs is 2. The second-order valence-corrected chi connectivity index (χ2v) is 8.42. The van der Waals surface area contributed by atoms with E-state index in [4.69, 9.17) is 4.42 Å². The molecular formula is C24H27N5O2. The van der Waals surface area contributed by atoms with E-state index in [-0.39, 0.29) is 5.63 Å². The summed E-state index contributed by atoms with van der Waals surface area (Å²) < 4.78 is 7.62. The summed E-state index contributed by atoms with van der Waals surface area (Å²) >= 11 is 0. The lowest BCUT2D eigenvalue weighted by molar-refractivity contribution is 0.199. The van der Waals surface area contributed by atoms with Gasteiger partial charge in [0.25, 0.3) is 0 Å². The number of piperazine rings is 1. The van der Waals surface area contributed by atoms with Crippen molar-refractivity contribution in [3.8, 4) is 11.5 Å². The van der Waals surface area contributed by atoms with Crippen molar-refractivity contribution in [2.45, 2.75) is 33.7 Å². The van der Waals surface area contributed by atoms with Crippen LogP contribution in [0.2, 0.25) is 0 Å². The molecule has 0 spiro atoms. The fourth-order valence-corrected chi connectivity index (χ4v) is 4.62. The first-order chi connectivity index (χ1) is 14.9. The van der Waals surface area contributed by atoms with E-state index >= 15 is 0 Å². The Morgan fingerprint density at radius 2 is 1.97 bits per heavy atom. The molecule has 1 saturated heterocycles. The van der Waals surface area contributed by atoms with Crippen LogP contribution in [0.15, 0.2) is 45.9 Å². The highest BCUT2D eigenvalue weighted by Crippen LogP contribution is 2.27. The van der Waals surface area contributed by atoms with Crippen LogP contribution in [0.5, 0.6) is 0 Å². The predicted molar refractivity (Wildman–Crippen MR) is 123 cm³/mol. The minimum atomic E-state index is -0.335. The molecule has 1 atom stereocenters. The lowest BCUT2D eigenvalue weighted by Crippen LogP contribution is -2.51. The average molecular weight is 418 g/mol. The summed E-state index contributed by atoms with van der Waals surface area (Å²) in [5.41, 5.74) is 3.88. The van der Waals surface area contributed by atoms with Crippen molar-refractivity contribution < 1.29 is 4.42 Å². The number of nitrogens with zero attached hydrogens (tertiary/aromatic N) is 5. The van der Waals surface area contributed by atoms with Crippen LogP contribution in [0.3, 0.4) is 0 Å². The van der Waals surface area contributed by atoms with Crippen molar-refractivity contribution in [3.63, 3.8) is 0 Å². The fourth-order valence-electron chi connectivity index (χ4n) is 4.62. The lowest BCUT2D eigenvalue weighted by Gasteiger charge is -2.40. The predicted octanol–water partition coefficient (Wildman–Crippen LogP) is 3.65. The number of aromatic nitrogens is 3. The molecule has 1 aromatic carbocycles. The van der Waals surface area contributed by atoms with Gasteiger partial charge in [0.15, 0.2) is 11.4 Å². The zero-order valence-electron chi connectivity index (χ0n) is 18.4. The maximum Gasteiger partial charge on any atom is 0.344 e. The molecule has 0 saturated carbocycles. The van der Waals surface area contributed by atoms with E-state index in [0.29, 0.717) is 22.9 Å². The number of anilines is 1. The molecule has 0 amide bonds. The summed E-state index contributed by atoms with van der Waals surface area (Å²) in [5, 5.41) is 1.46. The Labute approximate surface area is 180 Å². The summed E-state index contributed by atoms with van der Waals surface area (Å²) in [6, 6.07) is 8.45. The van der Waals surface area contributed by atoms with Crippen LogP contribution in [0.25, 0.3) is 27.9 Å². The Bertz CT molecular complexity index is 1340. The number of hydrogen-bond acceptors (Lipinski definition) is 6. The van der Waals surface area contributed by atoms with Gasteiger partial charge in [0.2, 0.25) is 0 Å². The molecule has 1 aliphatic rings. The highest BCUT2D eigenvalue weighted by molar-refractivity contribution is 5.87. The van der Waals surface area contributed by atoms with Gasteiger partial charge >= 0.3 is 5.63 Å². The van der Waals surface area contributed by atoms with Crippen molar-refractivity contribution in [1.29, 1.82) is 0 Å². The lowest BCUT2D eigenvalue weighted by atomic mass is 10.1. The van der Waals surface area contributed by atoms with Gasteiger partial charge in [-0.15, -0.1) is 0 Å². The van der Waals surface area contributed by atoms with Crippen LogP contribution in [-0.4, -0.2) is 51.5 Å². The Balaban J connectivity index is 1.52. The molecule has 7 heteroatoms. The molecule has 160 valence electrons. The van der Waals surface area contributed by atoms with E-state index in [0.717, 1.165) is 54.3 Å². The van der Waals surface area contributed by atoms with E-state index in [9.17, 15) is 4.79 Å². The summed E-state index contributed by atoms with van der Waals surface area (Å²) in [5.74, 6) is 0.469. The maximum absolute atomic E-state index is 12.9. The van der Waals surface area contributed by atoms with Gasteiger partial charge in [0.1, 0.15) is 5.69 Å². The van der Waals surface area contributed by atoms with E-state index in [1.165, 1.54) is 0 Å². The molecule has 3 aromatic heterocycles. The number of imidazole rings is 1. The molecule has 4 heterocycles. The molecule has 0 unspecified atom stereocenters. The third-order valence-corrected chi connectivity index (χ3v) is 6.26. The molecule has 7 nitrogen and oxygen atoms in total. The third-order valence-electron chi connectivity index (χ3n) is 6.26. The smallest absolute Gasteiger partial charge is 0.344 e. The largest absolute Gasteiger partial charge is 0.421 e. The van der Waals surface area contributed by atoms with Crippen LogP contribution in [0.4, 0.5) is 5.69 Å². The van der Waals surface area contributed by atoms with Crippen LogP contribution >= 0.6 is 0 Å². The van der Waals surface area contributed by atoms with Gasteiger partial charge in [-0.25, -0.2) is 9.78 Å². The second kappa shape index (κ2) is 7.50. The van der Waals surface area contributed by atoms with Gasteiger partial charge in [0, 0.05) is 43.8 Å². The molecule has 31 heavy (non-hydrogen) atoms. The van der Waals surface area contributed by atoms with Gasteiger partial charge in [-0.05, 0) is 50.9 Å². The number of likely N-dealkylation sites (N-methyl/N-ethyl adjacent to an activating group) is 1. The van der Waals surface area contributed by atoms with Crippen LogP contribution in [0, 0.1) is 13.8 Å². The molecule has 5 rings (SSSR count). The zero-order chi connectivity index (χ0) is 21.7. The maximum atomic E-state index is 12.9. The van der Waals surface area contributed by atoms with Crippen molar-refractivity contribution >= 4 is 22.1 Å². The number of rotatable bonds is 3. The minimum Gasteiger partial charge on any atom is -0.421 e. The van der Waals surface area contributed by atoms with E-state index in [1.807, 2.05) is 48.8 Å². The topological polar surface area (TPSA) is 66.9 Å². The van der Waals surface area contributed by atoms with E-state index < -0.39 is 0 Å². The molecular weight excluding hydrogens is 390 g/mol. The van der Waals surface area contributed by atoms with Crippen LogP contribution < -0.4 is 10.5 Å². The first-order valence-corrected chi connectivity index (χ1v) is 10.8. The molecule has 0 radical (unpaired) electrons. The van der Waals surface area contributed by atoms with Gasteiger partial charge in [0.05, 0.1) is 16.8 Å². The summed E-state index contributed by atoms with van der Waals surface area (Å²) in [7, 11) is 0. The van der Waals surface area contributed by atoms with Crippen molar-refractivity contribution in [2.75, 3.05) is 31.1 Å². The quantitative estimate of drug-likeness (QED) is 0.507. The number of benzene rings is 1. The third kappa shape index (κ3) is 3.49. The fraction of sp³-hybridized carbons (Fsp3) is 0.375. The molecule has 0 aliphatic carbocycles. The summed E-state index contributed by atoms with van der Waals surface area (Å²) in [4.78, 5) is 26.8. The standard InChI is InChI=1S/C24H27N5O2/c1-5-27-8-9-28(13-16(27)3)19-7-6-18-10-22(31-24(30)20(18)11-19)21-14-29-12-15(2)25-17(4)23(29)26-21/h6-7,10-12,14,16H,5,8-9,13H2,1-4H3/t16-/m1/s1. The molecule has 1 aliphatic heterocycles. The SMILES string of the molecule is CCN1CCN(c2ccc3cc(-c4cn5cc(C)nc(C)c5n4)oc(=O)c3c2)C[C@H]1C. The Morgan fingerprint density at radius 1 is 1.13 bits per heavy atom. The van der Waals surface area contributed by atoms with Gasteiger partial charge in [-0.2, -0.15) is 0 Å². The molecule has 0 bridgehead atoms. The van der Waals surface area contributed by atoms with Crippen LogP contribution in [-0.2, 0) is 0 Å². The van der Waals surface area contributed by atoms with Gasteiger partial charge in [-0.3, -0.25) is 9.88 Å². The number of aryl methyl sites for hydroxylation is 2. The van der Waals surface area contributed by atoms with Gasteiger partial charge in [-0.1, -0.05) is 13.0 Å². The highest BCUT2D eigenvalue weighted by Gasteiger charge is 2.23. The Hall–Kier alpha value is -3.19. The van der Waals surface area contributed by atoms with Crippen molar-refractivity contribution in [2.24, 2.45) is 0 Å². The highest BCUT2D eigenvalue weighted by atomic mass is 16.4. The first kappa shape index (κ1) is 19.8. The monoisotopic (exact) mass is 417 g/mol. The van der Waals surface area contributed by atoms with E-state index in [1.54, 1.807) is 0 Å². The van der Waals surface area contributed by atoms with Crippen LogP contribution in [0.1, 0.15) is 25.2 Å². The normalized spacial score (nSPS) is 17.7. The Kier molecular flexibility index (Phi) is 4.78. The molecule has 4 aromatic rings. The van der Waals surface area contributed by atoms with Crippen molar-refractivity contribution in [3.05, 3.63) is 58.5 Å². The number of hydrogen-bond donors (Lipinski definition) is 0. The molecule has 0 N–H and O–H groups in total. The van der Waals surface area contributed by atoms with Crippen molar-refractivity contribution in [1.82, 2.24) is 19.3 Å². The Morgan fingerprint density at radius 3 is 2.74 bits per heavy atom. The first-order valence-electron chi connectivity index (χ1n) is 10.8. The second-order valence-electron chi connectivity index (χ2n) is 8.42. The van der Waals surface area contributed by atoms with E-state index in [2.05, 4.69) is 39.7 Å². The zero-order valence-corrected chi connectivity index (χ0v) is 18.4. The summed E-state index contributed by atoms with van der Waals surface area (Å²) in [6.07, 6.45) is 3.80. The summed E-state index contributed by atoms with van der Waals surface area (Å²) in [6.45, 7) is 12.3. The minimum absolute atomic E-state index is 0.335. The molecule has 1 fully saturated rings. The average Bonchev–Trinajstić information content (AvgIpc) is 3.18. The van der Waals surface area contributed by atoms with Gasteiger partial charge < -0.3 is 13.7 Å².